The topological polar surface area (TPSA) is 46.9 Å². The molecule has 1 aromatic heterocycles. The summed E-state index contributed by atoms with van der Waals surface area (Å²) in [6, 6.07) is 17.9. The molecule has 3 aromatic rings. The molecule has 4 nitrogen and oxygen atoms in total. The molecule has 0 spiro atoms. The molecule has 0 bridgehead atoms. The molecule has 0 radical (unpaired) electrons. The maximum absolute atomic E-state index is 12.4. The molecule has 0 aliphatic carbocycles. The summed E-state index contributed by atoms with van der Waals surface area (Å²) in [5, 5.41) is 6.29. The van der Waals surface area contributed by atoms with Crippen molar-refractivity contribution >= 4 is 5.91 Å². The van der Waals surface area contributed by atoms with Crippen molar-refractivity contribution in [3.05, 3.63) is 72.4 Å². The second-order valence-corrected chi connectivity index (χ2v) is 5.34. The second-order valence-electron chi connectivity index (χ2n) is 5.34. The molecule has 0 unspecified atom stereocenters. The van der Waals surface area contributed by atoms with Gasteiger partial charge < -0.3 is 5.32 Å². The first-order valence-electron chi connectivity index (χ1n) is 7.49. The summed E-state index contributed by atoms with van der Waals surface area (Å²) in [5.74, 6) is -0.821. The summed E-state index contributed by atoms with van der Waals surface area (Å²) in [7, 11) is 0. The molecular formula is C18H14F3N3O. The molecule has 1 amide bonds. The maximum atomic E-state index is 12.4. The number of halogens is 3. The number of nitrogens with one attached hydrogen (secondary N) is 1. The van der Waals surface area contributed by atoms with Crippen LogP contribution in [0.5, 0.6) is 0 Å². The Morgan fingerprint density at radius 3 is 2.20 bits per heavy atom. The van der Waals surface area contributed by atoms with Crippen LogP contribution in [-0.4, -0.2) is 28.4 Å². The van der Waals surface area contributed by atoms with Gasteiger partial charge in [0.15, 0.2) is 0 Å². The van der Waals surface area contributed by atoms with Crippen molar-refractivity contribution in [3.63, 3.8) is 0 Å². The molecule has 1 heterocycles. The molecule has 1 N–H and O–H groups in total. The van der Waals surface area contributed by atoms with Crippen molar-refractivity contribution < 1.29 is 18.0 Å². The van der Waals surface area contributed by atoms with Crippen molar-refractivity contribution in [1.82, 2.24) is 15.1 Å². The van der Waals surface area contributed by atoms with Crippen LogP contribution in [0.1, 0.15) is 10.4 Å². The van der Waals surface area contributed by atoms with Gasteiger partial charge in [0.25, 0.3) is 5.91 Å². The first-order valence-corrected chi connectivity index (χ1v) is 7.49. The van der Waals surface area contributed by atoms with Crippen LogP contribution in [0.4, 0.5) is 13.2 Å². The Morgan fingerprint density at radius 1 is 1.00 bits per heavy atom. The van der Waals surface area contributed by atoms with Gasteiger partial charge in [0, 0.05) is 11.8 Å². The lowest BCUT2D eigenvalue weighted by molar-refractivity contribution is -0.123. The van der Waals surface area contributed by atoms with Crippen LogP contribution in [0.25, 0.3) is 16.9 Å². The van der Waals surface area contributed by atoms with Gasteiger partial charge in [-0.25, -0.2) is 4.68 Å². The van der Waals surface area contributed by atoms with Crippen LogP contribution in [0.15, 0.2) is 66.9 Å². The van der Waals surface area contributed by atoms with Crippen LogP contribution in [0, 0.1) is 0 Å². The van der Waals surface area contributed by atoms with E-state index in [1.165, 1.54) is 10.9 Å². The van der Waals surface area contributed by atoms with E-state index in [-0.39, 0.29) is 5.56 Å². The van der Waals surface area contributed by atoms with E-state index in [4.69, 9.17) is 0 Å². The van der Waals surface area contributed by atoms with Crippen LogP contribution in [0.2, 0.25) is 0 Å². The number of para-hydroxylation sites is 1. The molecule has 0 aliphatic rings. The third-order valence-electron chi connectivity index (χ3n) is 3.48. The zero-order valence-corrected chi connectivity index (χ0v) is 13.0. The minimum atomic E-state index is -4.47. The highest BCUT2D eigenvalue weighted by Crippen LogP contribution is 2.24. The summed E-state index contributed by atoms with van der Waals surface area (Å²) in [4.78, 5) is 12.3. The van der Waals surface area contributed by atoms with E-state index in [0.717, 1.165) is 0 Å². The SMILES string of the molecule is O=C(NCC(F)(F)F)c1cn(-c2ccccc2)nc1-c1ccccc1. The third-order valence-corrected chi connectivity index (χ3v) is 3.48. The van der Waals surface area contributed by atoms with E-state index in [0.29, 0.717) is 16.9 Å². The fraction of sp³-hybridized carbons (Fsp3) is 0.111. The van der Waals surface area contributed by atoms with Crippen LogP contribution >= 0.6 is 0 Å². The average Bonchev–Trinajstić information content (AvgIpc) is 3.06. The van der Waals surface area contributed by atoms with Gasteiger partial charge in [-0.3, -0.25) is 4.79 Å². The van der Waals surface area contributed by atoms with E-state index in [2.05, 4.69) is 5.10 Å². The zero-order chi connectivity index (χ0) is 17.9. The quantitative estimate of drug-likeness (QED) is 0.781. The van der Waals surface area contributed by atoms with E-state index in [1.807, 2.05) is 23.5 Å². The molecule has 2 aromatic carbocycles. The molecule has 0 saturated heterocycles. The van der Waals surface area contributed by atoms with E-state index >= 15 is 0 Å². The number of carbonyl (C=O) groups excluding carboxylic acids is 1. The standard InChI is InChI=1S/C18H14F3N3O/c19-18(20,21)12-22-17(25)15-11-24(14-9-5-2-6-10-14)23-16(15)13-7-3-1-4-8-13/h1-11H,12H2,(H,22,25). The van der Waals surface area contributed by atoms with Gasteiger partial charge in [-0.2, -0.15) is 18.3 Å². The van der Waals surface area contributed by atoms with Crippen molar-refractivity contribution in [3.8, 4) is 16.9 Å². The number of hydrogen-bond donors (Lipinski definition) is 1. The number of nitrogens with zero attached hydrogens (tertiary/aromatic N) is 2. The number of rotatable bonds is 4. The fourth-order valence-electron chi connectivity index (χ4n) is 2.34. The largest absolute Gasteiger partial charge is 0.405 e. The van der Waals surface area contributed by atoms with Gasteiger partial charge in [-0.15, -0.1) is 0 Å². The number of aromatic nitrogens is 2. The monoisotopic (exact) mass is 345 g/mol. The van der Waals surface area contributed by atoms with E-state index in [9.17, 15) is 18.0 Å². The summed E-state index contributed by atoms with van der Waals surface area (Å²) in [5.41, 5.74) is 1.76. The number of benzene rings is 2. The Hall–Kier alpha value is -3.09. The first-order chi connectivity index (χ1) is 11.9. The Labute approximate surface area is 141 Å². The molecule has 7 heteroatoms. The van der Waals surface area contributed by atoms with Crippen molar-refractivity contribution in [2.75, 3.05) is 6.54 Å². The molecule has 3 rings (SSSR count). The summed E-state index contributed by atoms with van der Waals surface area (Å²) >= 11 is 0. The highest BCUT2D eigenvalue weighted by atomic mass is 19.4. The van der Waals surface area contributed by atoms with Gasteiger partial charge in [0.1, 0.15) is 12.2 Å². The maximum Gasteiger partial charge on any atom is 0.405 e. The van der Waals surface area contributed by atoms with Gasteiger partial charge in [0.2, 0.25) is 0 Å². The Bertz CT molecular complexity index is 858. The highest BCUT2D eigenvalue weighted by Gasteiger charge is 2.29. The number of alkyl halides is 3. The molecular weight excluding hydrogens is 331 g/mol. The van der Waals surface area contributed by atoms with Gasteiger partial charge >= 0.3 is 6.18 Å². The molecule has 128 valence electrons. The minimum absolute atomic E-state index is 0.0827. The van der Waals surface area contributed by atoms with Crippen molar-refractivity contribution in [2.45, 2.75) is 6.18 Å². The first kappa shape index (κ1) is 16.8. The van der Waals surface area contributed by atoms with Gasteiger partial charge in [0.05, 0.1) is 11.3 Å². The minimum Gasteiger partial charge on any atom is -0.343 e. The number of carbonyl (C=O) groups is 1. The Morgan fingerprint density at radius 2 is 1.60 bits per heavy atom. The lowest BCUT2D eigenvalue weighted by Crippen LogP contribution is -2.33. The summed E-state index contributed by atoms with van der Waals surface area (Å²) in [6.45, 7) is -1.39. The van der Waals surface area contributed by atoms with Crippen LogP contribution in [0.3, 0.4) is 0 Å². The van der Waals surface area contributed by atoms with Gasteiger partial charge in [-0.05, 0) is 12.1 Å². The molecule has 0 saturated carbocycles. The summed E-state index contributed by atoms with van der Waals surface area (Å²) < 4.78 is 38.6. The van der Waals surface area contributed by atoms with Crippen LogP contribution < -0.4 is 5.32 Å². The third kappa shape index (κ3) is 4.06. The van der Waals surface area contributed by atoms with Crippen LogP contribution in [-0.2, 0) is 0 Å². The van der Waals surface area contributed by atoms with E-state index < -0.39 is 18.6 Å². The Kier molecular flexibility index (Phi) is 4.56. The zero-order valence-electron chi connectivity index (χ0n) is 13.0. The van der Waals surface area contributed by atoms with Crippen molar-refractivity contribution in [1.29, 1.82) is 0 Å². The normalized spacial score (nSPS) is 11.3. The van der Waals surface area contributed by atoms with E-state index in [1.54, 1.807) is 42.5 Å². The Balaban J connectivity index is 2.00. The predicted octanol–water partition coefficient (Wildman–Crippen LogP) is 3.83. The molecule has 0 atom stereocenters. The second kappa shape index (κ2) is 6.80. The average molecular weight is 345 g/mol. The van der Waals surface area contributed by atoms with Crippen molar-refractivity contribution in [2.24, 2.45) is 0 Å². The molecule has 0 aliphatic heterocycles. The molecule has 25 heavy (non-hydrogen) atoms. The number of amides is 1. The molecule has 0 fully saturated rings. The summed E-state index contributed by atoms with van der Waals surface area (Å²) in [6.07, 6.45) is -3.04. The predicted molar refractivity (Wildman–Crippen MR) is 87.4 cm³/mol. The lowest BCUT2D eigenvalue weighted by atomic mass is 10.1. The highest BCUT2D eigenvalue weighted by molar-refractivity contribution is 5.99. The smallest absolute Gasteiger partial charge is 0.343 e. The number of hydrogen-bond acceptors (Lipinski definition) is 2. The van der Waals surface area contributed by atoms with Gasteiger partial charge in [-0.1, -0.05) is 48.5 Å². The lowest BCUT2D eigenvalue weighted by Gasteiger charge is -2.08. The fourth-order valence-corrected chi connectivity index (χ4v) is 2.34.